The lowest BCUT2D eigenvalue weighted by Crippen LogP contribution is -2.38. The number of ether oxygens (including phenoxy) is 2. The van der Waals surface area contributed by atoms with Crippen molar-refractivity contribution in [3.63, 3.8) is 0 Å². The van der Waals surface area contributed by atoms with Crippen molar-refractivity contribution in [3.05, 3.63) is 107 Å². The van der Waals surface area contributed by atoms with E-state index in [1.165, 1.54) is 0 Å². The molecule has 1 N–H and O–H groups in total. The molecule has 6 nitrogen and oxygen atoms in total. The molecule has 0 bridgehead atoms. The highest BCUT2D eigenvalue weighted by Gasteiger charge is 2.44. The number of amides is 1. The van der Waals surface area contributed by atoms with Crippen LogP contribution in [0.15, 0.2) is 84.9 Å². The standard InChI is InChI=1S/C25H21NO5/c27-23-20-14-8-7-13-19(20)22(26-23)21(24(28)30-15-17-9-3-1-4-10-17)25(29)31-16-18-11-5-2-6-12-18/h1-14,21-22H,15-16H2,(H,26,27). The Labute approximate surface area is 179 Å². The Kier molecular flexibility index (Phi) is 6.08. The minimum atomic E-state index is -1.32. The van der Waals surface area contributed by atoms with Crippen molar-refractivity contribution in [2.45, 2.75) is 19.3 Å². The molecule has 6 heteroatoms. The Hall–Kier alpha value is -3.93. The van der Waals surface area contributed by atoms with Gasteiger partial charge in [-0.25, -0.2) is 0 Å². The lowest BCUT2D eigenvalue weighted by Gasteiger charge is -2.21. The molecule has 1 atom stereocenters. The predicted molar refractivity (Wildman–Crippen MR) is 113 cm³/mol. The van der Waals surface area contributed by atoms with Crippen LogP contribution in [0.5, 0.6) is 0 Å². The fourth-order valence-corrected chi connectivity index (χ4v) is 3.54. The van der Waals surface area contributed by atoms with Gasteiger partial charge >= 0.3 is 11.9 Å². The molecule has 156 valence electrons. The van der Waals surface area contributed by atoms with E-state index in [1.54, 1.807) is 24.3 Å². The molecule has 31 heavy (non-hydrogen) atoms. The molecule has 0 fully saturated rings. The number of hydrogen-bond acceptors (Lipinski definition) is 5. The lowest BCUT2D eigenvalue weighted by atomic mass is 9.93. The number of hydrogen-bond donors (Lipinski definition) is 1. The third-order valence-electron chi connectivity index (χ3n) is 5.12. The number of rotatable bonds is 7. The van der Waals surface area contributed by atoms with Gasteiger partial charge in [0.05, 0.1) is 6.04 Å². The first-order valence-electron chi connectivity index (χ1n) is 9.94. The van der Waals surface area contributed by atoms with Gasteiger partial charge in [0.25, 0.3) is 5.91 Å². The second-order valence-electron chi connectivity index (χ2n) is 7.20. The van der Waals surface area contributed by atoms with E-state index >= 15 is 0 Å². The molecule has 1 heterocycles. The molecule has 3 aromatic carbocycles. The van der Waals surface area contributed by atoms with Gasteiger partial charge in [-0.3, -0.25) is 14.4 Å². The Bertz CT molecular complexity index is 1030. The summed E-state index contributed by atoms with van der Waals surface area (Å²) < 4.78 is 10.9. The van der Waals surface area contributed by atoms with Crippen molar-refractivity contribution in [2.75, 3.05) is 0 Å². The molecule has 1 aliphatic rings. The van der Waals surface area contributed by atoms with Gasteiger partial charge < -0.3 is 14.8 Å². The van der Waals surface area contributed by atoms with Crippen LogP contribution in [0.3, 0.4) is 0 Å². The zero-order valence-electron chi connectivity index (χ0n) is 16.7. The van der Waals surface area contributed by atoms with Gasteiger partial charge in [-0.1, -0.05) is 78.9 Å². The summed E-state index contributed by atoms with van der Waals surface area (Å²) in [6, 6.07) is 24.4. The Morgan fingerprint density at radius 3 is 1.77 bits per heavy atom. The van der Waals surface area contributed by atoms with Crippen molar-refractivity contribution in [2.24, 2.45) is 5.92 Å². The summed E-state index contributed by atoms with van der Waals surface area (Å²) in [6.45, 7) is 0.0366. The SMILES string of the molecule is O=C1NC(C(C(=O)OCc2ccccc2)C(=O)OCc2ccccc2)c2ccccc21. The summed E-state index contributed by atoms with van der Waals surface area (Å²) in [5, 5.41) is 2.74. The highest BCUT2D eigenvalue weighted by Crippen LogP contribution is 2.33. The Morgan fingerprint density at radius 1 is 0.742 bits per heavy atom. The van der Waals surface area contributed by atoms with Crippen LogP contribution in [0.1, 0.15) is 33.1 Å². The zero-order valence-corrected chi connectivity index (χ0v) is 16.7. The summed E-state index contributed by atoms with van der Waals surface area (Å²) in [7, 11) is 0. The van der Waals surface area contributed by atoms with E-state index in [4.69, 9.17) is 9.47 Å². The highest BCUT2D eigenvalue weighted by molar-refractivity contribution is 6.03. The first-order chi connectivity index (χ1) is 15.1. The maximum Gasteiger partial charge on any atom is 0.323 e. The average Bonchev–Trinajstić information content (AvgIpc) is 3.14. The van der Waals surface area contributed by atoms with Gasteiger partial charge in [-0.15, -0.1) is 0 Å². The van der Waals surface area contributed by atoms with E-state index in [0.29, 0.717) is 11.1 Å². The third-order valence-corrected chi connectivity index (χ3v) is 5.12. The van der Waals surface area contributed by atoms with Crippen LogP contribution in [0, 0.1) is 5.92 Å². The molecular formula is C25H21NO5. The molecule has 1 unspecified atom stereocenters. The van der Waals surface area contributed by atoms with E-state index in [2.05, 4.69) is 5.32 Å². The predicted octanol–water partition coefficient (Wildman–Crippen LogP) is 3.57. The van der Waals surface area contributed by atoms with Crippen LogP contribution in [-0.2, 0) is 32.3 Å². The molecule has 0 saturated carbocycles. The van der Waals surface area contributed by atoms with Crippen molar-refractivity contribution in [1.82, 2.24) is 5.32 Å². The van der Waals surface area contributed by atoms with Crippen molar-refractivity contribution >= 4 is 17.8 Å². The molecule has 3 aromatic rings. The number of benzene rings is 3. The van der Waals surface area contributed by atoms with Crippen LogP contribution < -0.4 is 5.32 Å². The van der Waals surface area contributed by atoms with Crippen LogP contribution in [0.2, 0.25) is 0 Å². The normalized spacial score (nSPS) is 14.6. The summed E-state index contributed by atoms with van der Waals surface area (Å²) in [5.41, 5.74) is 2.60. The Balaban J connectivity index is 1.55. The van der Waals surface area contributed by atoms with Gasteiger partial charge in [0.15, 0.2) is 5.92 Å². The van der Waals surface area contributed by atoms with E-state index in [0.717, 1.165) is 11.1 Å². The Morgan fingerprint density at radius 2 is 1.23 bits per heavy atom. The molecule has 0 saturated heterocycles. The highest BCUT2D eigenvalue weighted by atomic mass is 16.6. The number of nitrogens with one attached hydrogen (secondary N) is 1. The second kappa shape index (κ2) is 9.26. The fraction of sp³-hybridized carbons (Fsp3) is 0.160. The molecule has 4 rings (SSSR count). The van der Waals surface area contributed by atoms with E-state index in [1.807, 2.05) is 60.7 Å². The van der Waals surface area contributed by atoms with Gasteiger partial charge in [-0.2, -0.15) is 0 Å². The van der Waals surface area contributed by atoms with Gasteiger partial charge in [0.1, 0.15) is 13.2 Å². The molecule has 1 aliphatic heterocycles. The van der Waals surface area contributed by atoms with E-state index in [-0.39, 0.29) is 19.1 Å². The molecule has 0 aromatic heterocycles. The monoisotopic (exact) mass is 415 g/mol. The third kappa shape index (κ3) is 4.64. The van der Waals surface area contributed by atoms with Gasteiger partial charge in [0.2, 0.25) is 0 Å². The molecule has 0 radical (unpaired) electrons. The molecule has 1 amide bonds. The van der Waals surface area contributed by atoms with Crippen LogP contribution in [0.4, 0.5) is 0 Å². The van der Waals surface area contributed by atoms with Crippen LogP contribution in [0.25, 0.3) is 0 Å². The lowest BCUT2D eigenvalue weighted by molar-refractivity contribution is -0.165. The average molecular weight is 415 g/mol. The van der Waals surface area contributed by atoms with Gasteiger partial charge in [-0.05, 0) is 22.8 Å². The topological polar surface area (TPSA) is 81.7 Å². The van der Waals surface area contributed by atoms with Crippen molar-refractivity contribution in [1.29, 1.82) is 0 Å². The fourth-order valence-electron chi connectivity index (χ4n) is 3.54. The maximum atomic E-state index is 13.0. The molecule has 0 spiro atoms. The summed E-state index contributed by atoms with van der Waals surface area (Å²) >= 11 is 0. The van der Waals surface area contributed by atoms with Gasteiger partial charge in [0, 0.05) is 5.56 Å². The number of fused-ring (bicyclic) bond motifs is 1. The first-order valence-corrected chi connectivity index (χ1v) is 9.94. The van der Waals surface area contributed by atoms with E-state index < -0.39 is 23.9 Å². The maximum absolute atomic E-state index is 13.0. The molecular weight excluding hydrogens is 394 g/mol. The largest absolute Gasteiger partial charge is 0.460 e. The number of carbonyl (C=O) groups is 3. The smallest absolute Gasteiger partial charge is 0.323 e. The summed E-state index contributed by atoms with van der Waals surface area (Å²) in [6.07, 6.45) is 0. The van der Waals surface area contributed by atoms with Crippen LogP contribution >= 0.6 is 0 Å². The van der Waals surface area contributed by atoms with E-state index in [9.17, 15) is 14.4 Å². The quantitative estimate of drug-likeness (QED) is 0.471. The number of carbonyl (C=O) groups excluding carboxylic acids is 3. The summed E-state index contributed by atoms with van der Waals surface area (Å²) in [5.74, 6) is -3.15. The minimum absolute atomic E-state index is 0.0183. The van der Waals surface area contributed by atoms with Crippen molar-refractivity contribution < 1.29 is 23.9 Å². The summed E-state index contributed by atoms with van der Waals surface area (Å²) in [4.78, 5) is 38.4. The second-order valence-corrected chi connectivity index (χ2v) is 7.20. The van der Waals surface area contributed by atoms with Crippen LogP contribution in [-0.4, -0.2) is 17.8 Å². The number of esters is 2. The van der Waals surface area contributed by atoms with Crippen molar-refractivity contribution in [3.8, 4) is 0 Å². The molecule has 0 aliphatic carbocycles. The zero-order chi connectivity index (χ0) is 21.6. The minimum Gasteiger partial charge on any atom is -0.460 e. The first kappa shape index (κ1) is 20.3.